The van der Waals surface area contributed by atoms with Crippen LogP contribution in [0.15, 0.2) is 24.3 Å². The van der Waals surface area contributed by atoms with Gasteiger partial charge in [-0.2, -0.15) is 0 Å². The maximum Gasteiger partial charge on any atom is 0.197 e. The van der Waals surface area contributed by atoms with Crippen molar-refractivity contribution in [1.29, 1.82) is 0 Å². The number of fused-ring (bicyclic) bond motifs is 3. The highest BCUT2D eigenvalue weighted by atomic mass is 16.7. The molecular formula is C17H20O4. The second kappa shape index (κ2) is 5.45. The standard InChI is InChI=1S/C17H20O4/c1-10-8-12-9-15(19-4)16-13(6-5-7-14(16)18-3)17(12)21-11(2)20-10/h5-7,9-11H,8H2,1-4H3/t10-,11?/m0/s1. The smallest absolute Gasteiger partial charge is 0.197 e. The van der Waals surface area contributed by atoms with Crippen molar-refractivity contribution in [1.82, 2.24) is 0 Å². The largest absolute Gasteiger partial charge is 0.496 e. The van der Waals surface area contributed by atoms with E-state index < -0.39 is 0 Å². The van der Waals surface area contributed by atoms with E-state index in [-0.39, 0.29) is 12.4 Å². The lowest BCUT2D eigenvalue weighted by Gasteiger charge is -2.18. The summed E-state index contributed by atoms with van der Waals surface area (Å²) >= 11 is 0. The molecule has 0 aromatic heterocycles. The third-order valence-electron chi connectivity index (χ3n) is 3.77. The number of methoxy groups -OCH3 is 2. The molecule has 0 spiro atoms. The van der Waals surface area contributed by atoms with Gasteiger partial charge in [-0.15, -0.1) is 0 Å². The summed E-state index contributed by atoms with van der Waals surface area (Å²) in [6.45, 7) is 3.97. The van der Waals surface area contributed by atoms with Crippen molar-refractivity contribution in [2.45, 2.75) is 32.7 Å². The highest BCUT2D eigenvalue weighted by Gasteiger charge is 2.24. The van der Waals surface area contributed by atoms with Gasteiger partial charge in [0.2, 0.25) is 0 Å². The molecule has 112 valence electrons. The molecule has 4 nitrogen and oxygen atoms in total. The van der Waals surface area contributed by atoms with E-state index in [1.165, 1.54) is 0 Å². The Bertz CT molecular complexity index is 665. The van der Waals surface area contributed by atoms with Crippen molar-refractivity contribution in [3.8, 4) is 17.2 Å². The molecule has 4 heteroatoms. The average Bonchev–Trinajstić information content (AvgIpc) is 2.62. The Labute approximate surface area is 124 Å². The first-order chi connectivity index (χ1) is 10.1. The van der Waals surface area contributed by atoms with Crippen LogP contribution in [0.1, 0.15) is 19.4 Å². The first-order valence-corrected chi connectivity index (χ1v) is 7.12. The minimum Gasteiger partial charge on any atom is -0.496 e. The molecule has 0 saturated heterocycles. The van der Waals surface area contributed by atoms with Gasteiger partial charge in [0, 0.05) is 17.4 Å². The molecule has 0 saturated carbocycles. The maximum atomic E-state index is 6.01. The Hall–Kier alpha value is -1.94. The van der Waals surface area contributed by atoms with Crippen LogP contribution >= 0.6 is 0 Å². The van der Waals surface area contributed by atoms with Gasteiger partial charge in [-0.1, -0.05) is 12.1 Å². The molecule has 0 bridgehead atoms. The van der Waals surface area contributed by atoms with Crippen LogP contribution in [0, 0.1) is 0 Å². The zero-order valence-corrected chi connectivity index (χ0v) is 12.8. The Morgan fingerprint density at radius 3 is 2.57 bits per heavy atom. The summed E-state index contributed by atoms with van der Waals surface area (Å²) in [4.78, 5) is 0. The summed E-state index contributed by atoms with van der Waals surface area (Å²) < 4.78 is 22.8. The van der Waals surface area contributed by atoms with Crippen LogP contribution in [-0.4, -0.2) is 26.6 Å². The topological polar surface area (TPSA) is 36.9 Å². The SMILES string of the molecule is COc1cccc2c3c(cc(OC)c12)C[C@H](C)OC(C)O3. The molecule has 0 aliphatic carbocycles. The molecule has 21 heavy (non-hydrogen) atoms. The van der Waals surface area contributed by atoms with E-state index in [1.807, 2.05) is 31.2 Å². The molecule has 2 aromatic carbocycles. The van der Waals surface area contributed by atoms with Crippen molar-refractivity contribution in [3.05, 3.63) is 29.8 Å². The molecule has 0 N–H and O–H groups in total. The van der Waals surface area contributed by atoms with Crippen LogP contribution in [0.5, 0.6) is 17.2 Å². The zero-order chi connectivity index (χ0) is 15.0. The van der Waals surface area contributed by atoms with Crippen molar-refractivity contribution in [2.75, 3.05) is 14.2 Å². The van der Waals surface area contributed by atoms with Crippen LogP contribution in [-0.2, 0) is 11.2 Å². The molecular weight excluding hydrogens is 268 g/mol. The number of benzene rings is 2. The Kier molecular flexibility index (Phi) is 3.64. The number of rotatable bonds is 2. The zero-order valence-electron chi connectivity index (χ0n) is 12.8. The molecule has 3 rings (SSSR count). The number of hydrogen-bond acceptors (Lipinski definition) is 4. The molecule has 1 unspecified atom stereocenters. The molecule has 0 amide bonds. The van der Waals surface area contributed by atoms with Crippen molar-refractivity contribution in [3.63, 3.8) is 0 Å². The molecule has 0 radical (unpaired) electrons. The van der Waals surface area contributed by atoms with E-state index in [0.717, 1.165) is 40.0 Å². The van der Waals surface area contributed by atoms with Crippen LogP contribution in [0.25, 0.3) is 10.8 Å². The third-order valence-corrected chi connectivity index (χ3v) is 3.77. The maximum absolute atomic E-state index is 6.01. The first kappa shape index (κ1) is 14.0. The average molecular weight is 288 g/mol. The lowest BCUT2D eigenvalue weighted by Crippen LogP contribution is -2.20. The summed E-state index contributed by atoms with van der Waals surface area (Å²) in [5, 5.41) is 1.93. The van der Waals surface area contributed by atoms with Crippen molar-refractivity contribution < 1.29 is 18.9 Å². The molecule has 1 aliphatic heterocycles. The minimum absolute atomic E-state index is 0.106. The van der Waals surface area contributed by atoms with Gasteiger partial charge in [-0.3, -0.25) is 0 Å². The lowest BCUT2D eigenvalue weighted by molar-refractivity contribution is -0.0918. The van der Waals surface area contributed by atoms with E-state index >= 15 is 0 Å². The Morgan fingerprint density at radius 2 is 1.86 bits per heavy atom. The number of ether oxygens (including phenoxy) is 4. The summed E-state index contributed by atoms with van der Waals surface area (Å²) in [6, 6.07) is 7.95. The summed E-state index contributed by atoms with van der Waals surface area (Å²) in [7, 11) is 3.34. The van der Waals surface area contributed by atoms with E-state index in [2.05, 4.69) is 6.92 Å². The summed E-state index contributed by atoms with van der Waals surface area (Å²) in [5.74, 6) is 2.44. The van der Waals surface area contributed by atoms with Crippen molar-refractivity contribution in [2.24, 2.45) is 0 Å². The van der Waals surface area contributed by atoms with Crippen molar-refractivity contribution >= 4 is 10.8 Å². The molecule has 1 aliphatic rings. The van der Waals surface area contributed by atoms with Crippen LogP contribution < -0.4 is 14.2 Å². The fraction of sp³-hybridized carbons (Fsp3) is 0.412. The minimum atomic E-state index is -0.274. The monoisotopic (exact) mass is 288 g/mol. The van der Waals surface area contributed by atoms with Crippen LogP contribution in [0.3, 0.4) is 0 Å². The molecule has 2 aromatic rings. The van der Waals surface area contributed by atoms with Crippen LogP contribution in [0.2, 0.25) is 0 Å². The van der Waals surface area contributed by atoms with E-state index in [4.69, 9.17) is 18.9 Å². The first-order valence-electron chi connectivity index (χ1n) is 7.12. The van der Waals surface area contributed by atoms with Gasteiger partial charge in [-0.25, -0.2) is 0 Å². The van der Waals surface area contributed by atoms with Gasteiger partial charge in [0.15, 0.2) is 6.29 Å². The Morgan fingerprint density at radius 1 is 1.10 bits per heavy atom. The third kappa shape index (κ3) is 2.40. The van der Waals surface area contributed by atoms with Crippen LogP contribution in [0.4, 0.5) is 0 Å². The fourth-order valence-electron chi connectivity index (χ4n) is 2.94. The second-order valence-electron chi connectivity index (χ2n) is 5.29. The molecule has 0 fully saturated rings. The van der Waals surface area contributed by atoms with Gasteiger partial charge < -0.3 is 18.9 Å². The second-order valence-corrected chi connectivity index (χ2v) is 5.29. The highest BCUT2D eigenvalue weighted by Crippen LogP contribution is 2.43. The van der Waals surface area contributed by atoms with Gasteiger partial charge in [0.05, 0.1) is 25.7 Å². The highest BCUT2D eigenvalue weighted by molar-refractivity contribution is 5.99. The van der Waals surface area contributed by atoms with E-state index in [1.54, 1.807) is 14.2 Å². The van der Waals surface area contributed by atoms with Gasteiger partial charge in [-0.05, 0) is 26.0 Å². The van der Waals surface area contributed by atoms with Gasteiger partial charge in [0.25, 0.3) is 0 Å². The predicted octanol–water partition coefficient (Wildman–Crippen LogP) is 3.54. The molecule has 2 atom stereocenters. The number of hydrogen-bond donors (Lipinski definition) is 0. The quantitative estimate of drug-likeness (QED) is 0.847. The van der Waals surface area contributed by atoms with Gasteiger partial charge in [0.1, 0.15) is 17.2 Å². The van der Waals surface area contributed by atoms with E-state index in [0.29, 0.717) is 0 Å². The fourth-order valence-corrected chi connectivity index (χ4v) is 2.94. The summed E-state index contributed by atoms with van der Waals surface area (Å²) in [6.07, 6.45) is 0.626. The van der Waals surface area contributed by atoms with Gasteiger partial charge >= 0.3 is 0 Å². The lowest BCUT2D eigenvalue weighted by atomic mass is 10.00. The predicted molar refractivity (Wildman–Crippen MR) is 81.4 cm³/mol. The summed E-state index contributed by atoms with van der Waals surface area (Å²) in [5.41, 5.74) is 1.10. The molecule has 1 heterocycles. The van der Waals surface area contributed by atoms with E-state index in [9.17, 15) is 0 Å². The normalized spacial score (nSPS) is 21.3. The Balaban J connectivity index is 2.31.